The maximum atomic E-state index is 12.1. The fraction of sp³-hybridized carbons (Fsp3) is 0.238. The standard InChI is InChI=1S/C21H23NO3/c1-15(2)18-10-12-19(13-11-18)22-21(24)16(3)25-20(23)14-9-17-7-5-4-6-8-17/h4-16H,1-3H3,(H,22,24)/b14-9+/t16-/m0/s1. The summed E-state index contributed by atoms with van der Waals surface area (Å²) in [6.45, 7) is 5.77. The number of amides is 1. The quantitative estimate of drug-likeness (QED) is 0.628. The summed E-state index contributed by atoms with van der Waals surface area (Å²) in [4.78, 5) is 23.9. The molecule has 0 bridgehead atoms. The highest BCUT2D eigenvalue weighted by Crippen LogP contribution is 2.17. The molecule has 0 saturated carbocycles. The summed E-state index contributed by atoms with van der Waals surface area (Å²) in [5.74, 6) is -0.485. The van der Waals surface area contributed by atoms with E-state index in [-0.39, 0.29) is 5.91 Å². The molecule has 0 fully saturated rings. The van der Waals surface area contributed by atoms with E-state index in [2.05, 4.69) is 19.2 Å². The van der Waals surface area contributed by atoms with E-state index in [9.17, 15) is 9.59 Å². The molecule has 0 unspecified atom stereocenters. The van der Waals surface area contributed by atoms with E-state index in [0.717, 1.165) is 5.56 Å². The van der Waals surface area contributed by atoms with Gasteiger partial charge in [-0.3, -0.25) is 4.79 Å². The monoisotopic (exact) mass is 337 g/mol. The predicted molar refractivity (Wildman–Crippen MR) is 100 cm³/mol. The smallest absolute Gasteiger partial charge is 0.331 e. The third-order valence-electron chi connectivity index (χ3n) is 3.72. The van der Waals surface area contributed by atoms with Gasteiger partial charge in [0.05, 0.1) is 0 Å². The molecule has 4 heteroatoms. The van der Waals surface area contributed by atoms with Crippen molar-refractivity contribution in [2.75, 3.05) is 5.32 Å². The van der Waals surface area contributed by atoms with Crippen LogP contribution < -0.4 is 5.32 Å². The number of carbonyl (C=O) groups excluding carboxylic acids is 2. The summed E-state index contributed by atoms with van der Waals surface area (Å²) in [7, 11) is 0. The summed E-state index contributed by atoms with van der Waals surface area (Å²) in [5.41, 5.74) is 2.77. The lowest BCUT2D eigenvalue weighted by atomic mass is 10.0. The predicted octanol–water partition coefficient (Wildman–Crippen LogP) is 4.39. The van der Waals surface area contributed by atoms with Crippen LogP contribution in [0.4, 0.5) is 5.69 Å². The largest absolute Gasteiger partial charge is 0.449 e. The molecule has 25 heavy (non-hydrogen) atoms. The number of benzene rings is 2. The fourth-order valence-corrected chi connectivity index (χ4v) is 2.19. The Morgan fingerprint density at radius 2 is 1.60 bits per heavy atom. The molecular weight excluding hydrogens is 314 g/mol. The van der Waals surface area contributed by atoms with Gasteiger partial charge in [-0.15, -0.1) is 0 Å². The molecule has 0 aromatic heterocycles. The van der Waals surface area contributed by atoms with Crippen molar-refractivity contribution in [2.45, 2.75) is 32.8 Å². The Morgan fingerprint density at radius 3 is 2.20 bits per heavy atom. The van der Waals surface area contributed by atoms with Crippen molar-refractivity contribution in [1.82, 2.24) is 0 Å². The summed E-state index contributed by atoms with van der Waals surface area (Å²) < 4.78 is 5.13. The molecule has 0 aliphatic rings. The average Bonchev–Trinajstić information content (AvgIpc) is 2.61. The number of nitrogens with one attached hydrogen (secondary N) is 1. The summed E-state index contributed by atoms with van der Waals surface area (Å²) in [6, 6.07) is 17.0. The third-order valence-corrected chi connectivity index (χ3v) is 3.72. The first-order valence-corrected chi connectivity index (χ1v) is 8.30. The zero-order chi connectivity index (χ0) is 18.2. The number of anilines is 1. The van der Waals surface area contributed by atoms with Crippen molar-refractivity contribution in [2.24, 2.45) is 0 Å². The molecule has 4 nitrogen and oxygen atoms in total. The van der Waals surface area contributed by atoms with Gasteiger partial charge in [0, 0.05) is 11.8 Å². The lowest BCUT2D eigenvalue weighted by molar-refractivity contribution is -0.148. The van der Waals surface area contributed by atoms with Crippen LogP contribution in [0.1, 0.15) is 37.8 Å². The Balaban J connectivity index is 1.87. The molecule has 2 aromatic rings. The molecule has 0 radical (unpaired) electrons. The Labute approximate surface area is 148 Å². The number of rotatable bonds is 6. The van der Waals surface area contributed by atoms with Crippen LogP contribution in [0, 0.1) is 0 Å². The molecule has 1 atom stereocenters. The van der Waals surface area contributed by atoms with Crippen LogP contribution in [0.5, 0.6) is 0 Å². The van der Waals surface area contributed by atoms with Gasteiger partial charge < -0.3 is 10.1 Å². The Kier molecular flexibility index (Phi) is 6.52. The van der Waals surface area contributed by atoms with E-state index in [1.165, 1.54) is 11.6 Å². The highest BCUT2D eigenvalue weighted by molar-refractivity contribution is 5.96. The van der Waals surface area contributed by atoms with E-state index in [1.807, 2.05) is 54.6 Å². The maximum absolute atomic E-state index is 12.1. The van der Waals surface area contributed by atoms with Crippen LogP contribution in [-0.4, -0.2) is 18.0 Å². The van der Waals surface area contributed by atoms with Crippen molar-refractivity contribution in [1.29, 1.82) is 0 Å². The average molecular weight is 337 g/mol. The maximum Gasteiger partial charge on any atom is 0.331 e. The highest BCUT2D eigenvalue weighted by Gasteiger charge is 2.16. The van der Waals surface area contributed by atoms with E-state index < -0.39 is 12.1 Å². The van der Waals surface area contributed by atoms with E-state index in [1.54, 1.807) is 13.0 Å². The Bertz CT molecular complexity index is 733. The lowest BCUT2D eigenvalue weighted by Crippen LogP contribution is -2.29. The molecule has 0 aliphatic heterocycles. The molecule has 130 valence electrons. The highest BCUT2D eigenvalue weighted by atomic mass is 16.5. The molecule has 1 amide bonds. The first-order valence-electron chi connectivity index (χ1n) is 8.30. The van der Waals surface area contributed by atoms with Crippen LogP contribution in [0.15, 0.2) is 60.7 Å². The van der Waals surface area contributed by atoms with Gasteiger partial charge in [0.15, 0.2) is 6.10 Å². The molecule has 0 saturated heterocycles. The third kappa shape index (κ3) is 5.92. The normalized spacial score (nSPS) is 12.2. The number of hydrogen-bond acceptors (Lipinski definition) is 3. The molecule has 2 aromatic carbocycles. The molecule has 0 aliphatic carbocycles. The zero-order valence-electron chi connectivity index (χ0n) is 14.7. The van der Waals surface area contributed by atoms with Crippen LogP contribution in [0.2, 0.25) is 0 Å². The van der Waals surface area contributed by atoms with Crippen molar-refractivity contribution >= 4 is 23.6 Å². The Morgan fingerprint density at radius 1 is 0.960 bits per heavy atom. The minimum Gasteiger partial charge on any atom is -0.449 e. The van der Waals surface area contributed by atoms with E-state index >= 15 is 0 Å². The van der Waals surface area contributed by atoms with Crippen LogP contribution in [0.25, 0.3) is 6.08 Å². The second-order valence-corrected chi connectivity index (χ2v) is 6.09. The van der Waals surface area contributed by atoms with Gasteiger partial charge in [-0.1, -0.05) is 56.3 Å². The number of esters is 1. The first kappa shape index (κ1) is 18.5. The van der Waals surface area contributed by atoms with Gasteiger partial charge in [-0.2, -0.15) is 0 Å². The van der Waals surface area contributed by atoms with E-state index in [4.69, 9.17) is 4.74 Å². The zero-order valence-corrected chi connectivity index (χ0v) is 14.7. The Hall–Kier alpha value is -2.88. The van der Waals surface area contributed by atoms with Gasteiger partial charge in [0.2, 0.25) is 0 Å². The molecular formula is C21H23NO3. The second kappa shape index (κ2) is 8.83. The minimum absolute atomic E-state index is 0.362. The topological polar surface area (TPSA) is 55.4 Å². The summed E-state index contributed by atoms with van der Waals surface area (Å²) in [5, 5.41) is 2.75. The SMILES string of the molecule is CC(C)c1ccc(NC(=O)[C@H](C)OC(=O)/C=C/c2ccccc2)cc1. The van der Waals surface area contributed by atoms with Gasteiger partial charge in [-0.05, 0) is 42.2 Å². The van der Waals surface area contributed by atoms with Gasteiger partial charge >= 0.3 is 5.97 Å². The van der Waals surface area contributed by atoms with Gasteiger partial charge in [0.25, 0.3) is 5.91 Å². The fourth-order valence-electron chi connectivity index (χ4n) is 2.19. The second-order valence-electron chi connectivity index (χ2n) is 6.09. The van der Waals surface area contributed by atoms with E-state index in [0.29, 0.717) is 11.6 Å². The van der Waals surface area contributed by atoms with Crippen LogP contribution in [0.3, 0.4) is 0 Å². The molecule has 0 heterocycles. The molecule has 0 spiro atoms. The van der Waals surface area contributed by atoms with Gasteiger partial charge in [-0.25, -0.2) is 4.79 Å². The summed E-state index contributed by atoms with van der Waals surface area (Å²) >= 11 is 0. The lowest BCUT2D eigenvalue weighted by Gasteiger charge is -2.13. The number of carbonyl (C=O) groups is 2. The van der Waals surface area contributed by atoms with Crippen molar-refractivity contribution in [3.8, 4) is 0 Å². The van der Waals surface area contributed by atoms with Crippen molar-refractivity contribution in [3.63, 3.8) is 0 Å². The molecule has 1 N–H and O–H groups in total. The minimum atomic E-state index is -0.877. The first-order chi connectivity index (χ1) is 12.0. The molecule has 2 rings (SSSR count). The summed E-state index contributed by atoms with van der Waals surface area (Å²) in [6.07, 6.45) is 2.09. The van der Waals surface area contributed by atoms with Crippen LogP contribution >= 0.6 is 0 Å². The number of hydrogen-bond donors (Lipinski definition) is 1. The van der Waals surface area contributed by atoms with Crippen LogP contribution in [-0.2, 0) is 14.3 Å². The number of ether oxygens (including phenoxy) is 1. The van der Waals surface area contributed by atoms with Crippen molar-refractivity contribution in [3.05, 3.63) is 71.8 Å². The van der Waals surface area contributed by atoms with Crippen molar-refractivity contribution < 1.29 is 14.3 Å². The van der Waals surface area contributed by atoms with Gasteiger partial charge in [0.1, 0.15) is 0 Å².